The highest BCUT2D eigenvalue weighted by atomic mass is 32.2. The highest BCUT2D eigenvalue weighted by Crippen LogP contribution is 2.11. The minimum absolute atomic E-state index is 0.156. The van der Waals surface area contributed by atoms with Gasteiger partial charge in [0.25, 0.3) is 0 Å². The molecule has 32 heavy (non-hydrogen) atoms. The van der Waals surface area contributed by atoms with Crippen molar-refractivity contribution in [2.24, 2.45) is 0 Å². The number of hydrogen-bond donors (Lipinski definition) is 2. The lowest BCUT2D eigenvalue weighted by Crippen LogP contribution is -2.27. The molecule has 0 spiro atoms. The summed E-state index contributed by atoms with van der Waals surface area (Å²) in [6.07, 6.45) is 0.212. The third kappa shape index (κ3) is 14.3. The van der Waals surface area contributed by atoms with Crippen molar-refractivity contribution < 1.29 is 36.9 Å². The zero-order chi connectivity index (χ0) is 23.9. The fourth-order valence-corrected chi connectivity index (χ4v) is 3.30. The molecule has 11 heteroatoms. The van der Waals surface area contributed by atoms with E-state index in [1.807, 2.05) is 20.8 Å². The standard InChI is InChI=1S/C21H36N2O8S/c1-21(2,3)31-20(24)8-10-27-12-14-29-16-17-30-15-13-28-11-9-23-32(25,26)19-6-4-18(22)5-7-19/h4-7,23H,8-17,22H2,1-3H3. The Bertz CT molecular complexity index is 748. The third-order valence-corrected chi connectivity index (χ3v) is 5.19. The van der Waals surface area contributed by atoms with Gasteiger partial charge in [-0.3, -0.25) is 4.79 Å². The number of hydrogen-bond acceptors (Lipinski definition) is 9. The van der Waals surface area contributed by atoms with Crippen LogP contribution in [0.25, 0.3) is 0 Å². The molecule has 0 bridgehead atoms. The van der Waals surface area contributed by atoms with E-state index in [1.165, 1.54) is 24.3 Å². The molecule has 0 saturated heterocycles. The van der Waals surface area contributed by atoms with Gasteiger partial charge in [-0.25, -0.2) is 13.1 Å². The van der Waals surface area contributed by atoms with Crippen LogP contribution in [-0.4, -0.2) is 79.4 Å². The van der Waals surface area contributed by atoms with E-state index in [0.29, 0.717) is 51.9 Å². The van der Waals surface area contributed by atoms with Crippen molar-refractivity contribution in [2.45, 2.75) is 37.7 Å². The predicted octanol–water partition coefficient (Wildman–Crippen LogP) is 1.35. The average Bonchev–Trinajstić information content (AvgIpc) is 2.70. The fourth-order valence-electron chi connectivity index (χ4n) is 2.29. The van der Waals surface area contributed by atoms with Crippen molar-refractivity contribution in [3.05, 3.63) is 24.3 Å². The quantitative estimate of drug-likeness (QED) is 0.194. The van der Waals surface area contributed by atoms with E-state index in [1.54, 1.807) is 0 Å². The summed E-state index contributed by atoms with van der Waals surface area (Å²) >= 11 is 0. The van der Waals surface area contributed by atoms with E-state index in [4.69, 9.17) is 29.4 Å². The van der Waals surface area contributed by atoms with Gasteiger partial charge >= 0.3 is 5.97 Å². The summed E-state index contributed by atoms with van der Waals surface area (Å²) in [6, 6.07) is 5.97. The molecule has 0 radical (unpaired) electrons. The molecule has 184 valence electrons. The summed E-state index contributed by atoms with van der Waals surface area (Å²) in [5.41, 5.74) is 5.57. The van der Waals surface area contributed by atoms with Crippen molar-refractivity contribution >= 4 is 21.7 Å². The van der Waals surface area contributed by atoms with Gasteiger partial charge < -0.3 is 29.4 Å². The Morgan fingerprint density at radius 2 is 1.31 bits per heavy atom. The Morgan fingerprint density at radius 1 is 0.844 bits per heavy atom. The second-order valence-corrected chi connectivity index (χ2v) is 9.52. The maximum Gasteiger partial charge on any atom is 0.308 e. The van der Waals surface area contributed by atoms with Crippen LogP contribution in [-0.2, 0) is 38.5 Å². The van der Waals surface area contributed by atoms with Gasteiger partial charge in [0.15, 0.2) is 0 Å². The number of esters is 1. The van der Waals surface area contributed by atoms with Crippen molar-refractivity contribution in [3.8, 4) is 0 Å². The summed E-state index contributed by atoms with van der Waals surface area (Å²) < 4.78 is 53.1. The molecule has 1 rings (SSSR count). The summed E-state index contributed by atoms with van der Waals surface area (Å²) in [6.45, 7) is 8.48. The van der Waals surface area contributed by atoms with Crippen LogP contribution >= 0.6 is 0 Å². The van der Waals surface area contributed by atoms with Crippen LogP contribution in [0.15, 0.2) is 29.2 Å². The number of carbonyl (C=O) groups excluding carboxylic acids is 1. The Hall–Kier alpha value is -1.76. The largest absolute Gasteiger partial charge is 0.460 e. The van der Waals surface area contributed by atoms with Crippen LogP contribution in [0.1, 0.15) is 27.2 Å². The number of sulfonamides is 1. The van der Waals surface area contributed by atoms with Crippen molar-refractivity contribution in [1.82, 2.24) is 4.72 Å². The first-order valence-corrected chi connectivity index (χ1v) is 12.0. The van der Waals surface area contributed by atoms with E-state index in [0.717, 1.165) is 0 Å². The molecule has 0 aromatic heterocycles. The number of ether oxygens (including phenoxy) is 5. The smallest absolute Gasteiger partial charge is 0.308 e. The van der Waals surface area contributed by atoms with Crippen LogP contribution < -0.4 is 10.5 Å². The van der Waals surface area contributed by atoms with E-state index in [2.05, 4.69) is 4.72 Å². The van der Waals surface area contributed by atoms with Crippen LogP contribution in [0.2, 0.25) is 0 Å². The second-order valence-electron chi connectivity index (χ2n) is 7.75. The molecule has 0 heterocycles. The molecular formula is C21H36N2O8S. The highest BCUT2D eigenvalue weighted by molar-refractivity contribution is 7.89. The van der Waals surface area contributed by atoms with Gasteiger partial charge in [0, 0.05) is 12.2 Å². The Kier molecular flexibility index (Phi) is 13.4. The molecule has 0 aliphatic heterocycles. The molecule has 0 aliphatic carbocycles. The lowest BCUT2D eigenvalue weighted by Gasteiger charge is -2.19. The van der Waals surface area contributed by atoms with Crippen LogP contribution in [0.3, 0.4) is 0 Å². The number of anilines is 1. The van der Waals surface area contributed by atoms with Crippen LogP contribution in [0.5, 0.6) is 0 Å². The monoisotopic (exact) mass is 476 g/mol. The Labute approximate surface area is 190 Å². The highest BCUT2D eigenvalue weighted by Gasteiger charge is 2.15. The first-order chi connectivity index (χ1) is 15.1. The molecule has 0 saturated carbocycles. The molecule has 1 aromatic rings. The van der Waals surface area contributed by atoms with Crippen molar-refractivity contribution in [1.29, 1.82) is 0 Å². The van der Waals surface area contributed by atoms with E-state index < -0.39 is 15.6 Å². The lowest BCUT2D eigenvalue weighted by molar-refractivity contribution is -0.156. The summed E-state index contributed by atoms with van der Waals surface area (Å²) in [7, 11) is -3.57. The van der Waals surface area contributed by atoms with Gasteiger partial charge in [0.05, 0.1) is 64.2 Å². The van der Waals surface area contributed by atoms with E-state index >= 15 is 0 Å². The Morgan fingerprint density at radius 3 is 1.81 bits per heavy atom. The number of nitrogen functional groups attached to an aromatic ring is 1. The number of rotatable bonds is 17. The predicted molar refractivity (Wildman–Crippen MR) is 120 cm³/mol. The molecule has 3 N–H and O–H groups in total. The average molecular weight is 477 g/mol. The normalized spacial score (nSPS) is 12.1. The summed E-state index contributed by atoms with van der Waals surface area (Å²) in [5, 5.41) is 0. The fraction of sp³-hybridized carbons (Fsp3) is 0.667. The molecule has 0 fully saturated rings. The number of benzene rings is 1. The number of nitrogens with one attached hydrogen (secondary N) is 1. The number of nitrogens with two attached hydrogens (primary N) is 1. The van der Waals surface area contributed by atoms with Gasteiger partial charge in [-0.15, -0.1) is 0 Å². The first kappa shape index (κ1) is 28.3. The molecule has 10 nitrogen and oxygen atoms in total. The van der Waals surface area contributed by atoms with Crippen LogP contribution in [0.4, 0.5) is 5.69 Å². The van der Waals surface area contributed by atoms with Crippen molar-refractivity contribution in [2.75, 3.05) is 65.1 Å². The second kappa shape index (κ2) is 15.1. The van der Waals surface area contributed by atoms with Gasteiger partial charge in [-0.2, -0.15) is 0 Å². The van der Waals surface area contributed by atoms with Gasteiger partial charge in [0.1, 0.15) is 5.60 Å². The number of carbonyl (C=O) groups is 1. The first-order valence-electron chi connectivity index (χ1n) is 10.5. The van der Waals surface area contributed by atoms with Crippen LogP contribution in [0, 0.1) is 0 Å². The maximum atomic E-state index is 12.1. The third-order valence-electron chi connectivity index (χ3n) is 3.72. The summed E-state index contributed by atoms with van der Waals surface area (Å²) in [5.74, 6) is -0.284. The molecule has 0 aliphatic rings. The summed E-state index contributed by atoms with van der Waals surface area (Å²) in [4.78, 5) is 11.7. The minimum Gasteiger partial charge on any atom is -0.460 e. The zero-order valence-corrected chi connectivity index (χ0v) is 19.9. The SMILES string of the molecule is CC(C)(C)OC(=O)CCOCCOCCOCCOCCNS(=O)(=O)c1ccc(N)cc1. The van der Waals surface area contributed by atoms with Gasteiger partial charge in [-0.05, 0) is 45.0 Å². The maximum absolute atomic E-state index is 12.1. The molecule has 1 aromatic carbocycles. The molecular weight excluding hydrogens is 440 g/mol. The van der Waals surface area contributed by atoms with E-state index in [9.17, 15) is 13.2 Å². The minimum atomic E-state index is -3.57. The zero-order valence-electron chi connectivity index (χ0n) is 19.1. The molecule has 0 atom stereocenters. The van der Waals surface area contributed by atoms with E-state index in [-0.39, 0.29) is 30.4 Å². The lowest BCUT2D eigenvalue weighted by atomic mass is 10.2. The molecule has 0 unspecified atom stereocenters. The Balaban J connectivity index is 1.88. The topological polar surface area (TPSA) is 135 Å². The van der Waals surface area contributed by atoms with Crippen molar-refractivity contribution in [3.63, 3.8) is 0 Å². The molecule has 0 amide bonds. The van der Waals surface area contributed by atoms with Gasteiger partial charge in [0.2, 0.25) is 10.0 Å². The van der Waals surface area contributed by atoms with Gasteiger partial charge in [-0.1, -0.05) is 0 Å².